The summed E-state index contributed by atoms with van der Waals surface area (Å²) in [4.78, 5) is 23.7. The lowest BCUT2D eigenvalue weighted by atomic mass is 9.75. The lowest BCUT2D eigenvalue weighted by molar-refractivity contribution is -0.150. The average Bonchev–Trinajstić information content (AvgIpc) is 2.39. The highest BCUT2D eigenvalue weighted by atomic mass is 16.4. The fraction of sp³-hybridized carbons (Fsp3) is 0.867. The van der Waals surface area contributed by atoms with Crippen LogP contribution in [0.15, 0.2) is 0 Å². The van der Waals surface area contributed by atoms with E-state index in [1.54, 1.807) is 0 Å². The fourth-order valence-electron chi connectivity index (χ4n) is 2.89. The first-order valence-electron chi connectivity index (χ1n) is 7.50. The zero-order valence-corrected chi connectivity index (χ0v) is 12.4. The predicted octanol–water partition coefficient (Wildman–Crippen LogP) is 2.96. The molecule has 0 spiro atoms. The van der Waals surface area contributed by atoms with Gasteiger partial charge < -0.3 is 10.4 Å². The summed E-state index contributed by atoms with van der Waals surface area (Å²) in [7, 11) is 0. The minimum atomic E-state index is -1.02. The number of nitrogens with one attached hydrogen (secondary N) is 1. The average molecular weight is 269 g/mol. The van der Waals surface area contributed by atoms with E-state index in [1.807, 2.05) is 13.8 Å². The molecule has 0 aromatic carbocycles. The van der Waals surface area contributed by atoms with Crippen molar-refractivity contribution in [1.82, 2.24) is 5.32 Å². The molecule has 1 saturated carbocycles. The molecule has 0 aromatic heterocycles. The third-order valence-electron chi connectivity index (χ3n) is 4.48. The molecule has 4 nitrogen and oxygen atoms in total. The Kier molecular flexibility index (Phi) is 5.83. The monoisotopic (exact) mass is 269 g/mol. The van der Waals surface area contributed by atoms with E-state index in [9.17, 15) is 14.7 Å². The zero-order chi connectivity index (χ0) is 14.5. The smallest absolute Gasteiger partial charge is 0.329 e. The van der Waals surface area contributed by atoms with Crippen molar-refractivity contribution in [2.24, 2.45) is 11.8 Å². The van der Waals surface area contributed by atoms with Crippen molar-refractivity contribution in [2.45, 2.75) is 71.3 Å². The van der Waals surface area contributed by atoms with Crippen LogP contribution >= 0.6 is 0 Å². The second-order valence-corrected chi connectivity index (χ2v) is 5.92. The Morgan fingerprint density at radius 2 is 1.89 bits per heavy atom. The first-order chi connectivity index (χ1) is 8.95. The van der Waals surface area contributed by atoms with E-state index in [2.05, 4.69) is 12.2 Å². The van der Waals surface area contributed by atoms with E-state index in [4.69, 9.17) is 0 Å². The summed E-state index contributed by atoms with van der Waals surface area (Å²) in [5.41, 5.74) is -1.02. The van der Waals surface area contributed by atoms with Crippen molar-refractivity contribution < 1.29 is 14.7 Å². The summed E-state index contributed by atoms with van der Waals surface area (Å²) in [6.07, 6.45) is 5.74. The minimum Gasteiger partial charge on any atom is -0.480 e. The van der Waals surface area contributed by atoms with Crippen LogP contribution in [0, 0.1) is 11.8 Å². The number of carboxylic acid groups (broad SMARTS) is 1. The summed E-state index contributed by atoms with van der Waals surface area (Å²) in [6, 6.07) is 0. The number of carbonyl (C=O) groups excluding carboxylic acids is 1. The Morgan fingerprint density at radius 1 is 1.32 bits per heavy atom. The van der Waals surface area contributed by atoms with Crippen molar-refractivity contribution >= 4 is 11.9 Å². The van der Waals surface area contributed by atoms with Crippen molar-refractivity contribution in [3.63, 3.8) is 0 Å². The van der Waals surface area contributed by atoms with Crippen LogP contribution < -0.4 is 5.32 Å². The molecule has 0 aliphatic heterocycles. The summed E-state index contributed by atoms with van der Waals surface area (Å²) >= 11 is 0. The Morgan fingerprint density at radius 3 is 2.32 bits per heavy atom. The summed E-state index contributed by atoms with van der Waals surface area (Å²) in [6.45, 7) is 6.04. The Labute approximate surface area is 116 Å². The van der Waals surface area contributed by atoms with Gasteiger partial charge in [0, 0.05) is 5.92 Å². The third kappa shape index (κ3) is 3.95. The van der Waals surface area contributed by atoms with Gasteiger partial charge >= 0.3 is 5.97 Å². The summed E-state index contributed by atoms with van der Waals surface area (Å²) < 4.78 is 0. The number of hydrogen-bond donors (Lipinski definition) is 2. The molecule has 1 unspecified atom stereocenters. The minimum absolute atomic E-state index is 0.106. The van der Waals surface area contributed by atoms with Crippen LogP contribution in [0.4, 0.5) is 0 Å². The SMILES string of the molecule is CCCC(C)C(=O)NC1(C(=O)O)CCC(CC)CC1. The number of hydrogen-bond acceptors (Lipinski definition) is 2. The molecular weight excluding hydrogens is 242 g/mol. The molecule has 0 aromatic rings. The van der Waals surface area contributed by atoms with Gasteiger partial charge in [0.15, 0.2) is 0 Å². The standard InChI is InChI=1S/C15H27NO3/c1-4-6-11(3)13(17)16-15(14(18)19)9-7-12(5-2)8-10-15/h11-12H,4-10H2,1-3H3,(H,16,17)(H,18,19). The molecular formula is C15H27NO3. The number of carbonyl (C=O) groups is 2. The summed E-state index contributed by atoms with van der Waals surface area (Å²) in [5.74, 6) is -0.485. The van der Waals surface area contributed by atoms with Gasteiger partial charge in [-0.25, -0.2) is 4.79 Å². The van der Waals surface area contributed by atoms with Crippen molar-refractivity contribution in [3.05, 3.63) is 0 Å². The number of carboxylic acids is 1. The predicted molar refractivity (Wildman–Crippen MR) is 74.8 cm³/mol. The van der Waals surface area contributed by atoms with Gasteiger partial charge in [0.05, 0.1) is 0 Å². The van der Waals surface area contributed by atoms with Crippen LogP contribution in [0.1, 0.15) is 65.7 Å². The van der Waals surface area contributed by atoms with Gasteiger partial charge in [0.25, 0.3) is 0 Å². The van der Waals surface area contributed by atoms with E-state index in [0.717, 1.165) is 32.1 Å². The maximum absolute atomic E-state index is 12.1. The largest absolute Gasteiger partial charge is 0.480 e. The number of aliphatic carboxylic acids is 1. The first kappa shape index (κ1) is 16.0. The second-order valence-electron chi connectivity index (χ2n) is 5.92. The van der Waals surface area contributed by atoms with Crippen LogP contribution in [-0.4, -0.2) is 22.5 Å². The quantitative estimate of drug-likeness (QED) is 0.779. The zero-order valence-electron chi connectivity index (χ0n) is 12.4. The Balaban J connectivity index is 2.68. The molecule has 0 radical (unpaired) electrons. The maximum atomic E-state index is 12.1. The van der Waals surface area contributed by atoms with Gasteiger partial charge in [0.1, 0.15) is 5.54 Å². The van der Waals surface area contributed by atoms with E-state index in [1.165, 1.54) is 0 Å². The van der Waals surface area contributed by atoms with E-state index in [0.29, 0.717) is 18.8 Å². The normalized spacial score (nSPS) is 28.7. The number of amides is 1. The van der Waals surface area contributed by atoms with E-state index in [-0.39, 0.29) is 11.8 Å². The van der Waals surface area contributed by atoms with Gasteiger partial charge in [0.2, 0.25) is 5.91 Å². The lowest BCUT2D eigenvalue weighted by Crippen LogP contribution is -2.57. The van der Waals surface area contributed by atoms with Crippen molar-refractivity contribution in [2.75, 3.05) is 0 Å². The van der Waals surface area contributed by atoms with Gasteiger partial charge in [-0.1, -0.05) is 33.6 Å². The Bertz CT molecular complexity index is 319. The van der Waals surface area contributed by atoms with Gasteiger partial charge in [-0.15, -0.1) is 0 Å². The molecule has 1 rings (SSSR count). The van der Waals surface area contributed by atoms with Crippen LogP contribution in [0.25, 0.3) is 0 Å². The van der Waals surface area contributed by atoms with Crippen LogP contribution in [-0.2, 0) is 9.59 Å². The van der Waals surface area contributed by atoms with E-state index >= 15 is 0 Å². The molecule has 0 saturated heterocycles. The Hall–Kier alpha value is -1.06. The molecule has 1 atom stereocenters. The first-order valence-corrected chi connectivity index (χ1v) is 7.50. The van der Waals surface area contributed by atoms with Gasteiger partial charge in [-0.05, 0) is 38.0 Å². The molecule has 1 aliphatic carbocycles. The third-order valence-corrected chi connectivity index (χ3v) is 4.48. The molecule has 0 bridgehead atoms. The molecule has 0 heterocycles. The fourth-order valence-corrected chi connectivity index (χ4v) is 2.89. The lowest BCUT2D eigenvalue weighted by Gasteiger charge is -2.37. The van der Waals surface area contributed by atoms with E-state index < -0.39 is 11.5 Å². The van der Waals surface area contributed by atoms with Gasteiger partial charge in [-0.3, -0.25) is 4.79 Å². The highest BCUT2D eigenvalue weighted by Gasteiger charge is 2.43. The van der Waals surface area contributed by atoms with Crippen LogP contribution in [0.2, 0.25) is 0 Å². The topological polar surface area (TPSA) is 66.4 Å². The highest BCUT2D eigenvalue weighted by molar-refractivity contribution is 5.88. The summed E-state index contributed by atoms with van der Waals surface area (Å²) in [5, 5.41) is 12.3. The molecule has 1 aliphatic rings. The van der Waals surface area contributed by atoms with Crippen molar-refractivity contribution in [1.29, 1.82) is 0 Å². The van der Waals surface area contributed by atoms with Crippen molar-refractivity contribution in [3.8, 4) is 0 Å². The van der Waals surface area contributed by atoms with Crippen LogP contribution in [0.3, 0.4) is 0 Å². The molecule has 1 amide bonds. The molecule has 19 heavy (non-hydrogen) atoms. The second kappa shape index (κ2) is 6.92. The molecule has 1 fully saturated rings. The highest BCUT2D eigenvalue weighted by Crippen LogP contribution is 2.34. The van der Waals surface area contributed by atoms with Gasteiger partial charge in [-0.2, -0.15) is 0 Å². The number of rotatable bonds is 6. The maximum Gasteiger partial charge on any atom is 0.329 e. The molecule has 4 heteroatoms. The van der Waals surface area contributed by atoms with Crippen LogP contribution in [0.5, 0.6) is 0 Å². The molecule has 110 valence electrons. The molecule has 2 N–H and O–H groups in total.